The molecule has 18 heavy (non-hydrogen) atoms. The second-order valence-corrected chi connectivity index (χ2v) is 6.12. The van der Waals surface area contributed by atoms with Gasteiger partial charge in [0, 0.05) is 5.92 Å². The lowest BCUT2D eigenvalue weighted by molar-refractivity contribution is 0.0833. The third-order valence-corrected chi connectivity index (χ3v) is 4.17. The van der Waals surface area contributed by atoms with Crippen LogP contribution in [-0.4, -0.2) is 26.2 Å². The van der Waals surface area contributed by atoms with E-state index in [0.29, 0.717) is 6.42 Å². The zero-order valence-electron chi connectivity index (χ0n) is 11.0. The fourth-order valence-electron chi connectivity index (χ4n) is 1.48. The summed E-state index contributed by atoms with van der Waals surface area (Å²) in [5.41, 5.74) is 0.990. The van der Waals surface area contributed by atoms with Gasteiger partial charge in [0.2, 0.25) is 0 Å². The Morgan fingerprint density at radius 2 is 1.83 bits per heavy atom. The van der Waals surface area contributed by atoms with Gasteiger partial charge in [-0.3, -0.25) is 4.18 Å². The SMILES string of the molecule is CC[C@@H](O)[C@H](C)COS(=O)(=O)c1ccc(C)cc1. The van der Waals surface area contributed by atoms with Crippen LogP contribution in [0, 0.1) is 12.8 Å². The summed E-state index contributed by atoms with van der Waals surface area (Å²) in [6.07, 6.45) is 0.0352. The van der Waals surface area contributed by atoms with E-state index in [1.54, 1.807) is 19.1 Å². The van der Waals surface area contributed by atoms with Crippen LogP contribution in [0.15, 0.2) is 29.2 Å². The Morgan fingerprint density at radius 1 is 1.28 bits per heavy atom. The van der Waals surface area contributed by atoms with Crippen molar-refractivity contribution in [3.8, 4) is 0 Å². The number of aliphatic hydroxyl groups excluding tert-OH is 1. The molecule has 0 fully saturated rings. The van der Waals surface area contributed by atoms with Crippen molar-refractivity contribution in [1.82, 2.24) is 0 Å². The minimum absolute atomic E-state index is 0.00871. The van der Waals surface area contributed by atoms with Crippen molar-refractivity contribution < 1.29 is 17.7 Å². The third-order valence-electron chi connectivity index (χ3n) is 2.87. The van der Waals surface area contributed by atoms with Gasteiger partial charge in [-0.1, -0.05) is 31.5 Å². The van der Waals surface area contributed by atoms with E-state index in [9.17, 15) is 13.5 Å². The molecule has 0 aromatic heterocycles. The van der Waals surface area contributed by atoms with Crippen molar-refractivity contribution in [1.29, 1.82) is 0 Å². The van der Waals surface area contributed by atoms with Gasteiger partial charge in [-0.2, -0.15) is 8.42 Å². The summed E-state index contributed by atoms with van der Waals surface area (Å²) in [6.45, 7) is 5.48. The maximum atomic E-state index is 11.9. The van der Waals surface area contributed by atoms with Crippen LogP contribution in [0.4, 0.5) is 0 Å². The van der Waals surface area contributed by atoms with Crippen molar-refractivity contribution in [3.05, 3.63) is 29.8 Å². The zero-order valence-corrected chi connectivity index (χ0v) is 11.8. The van der Waals surface area contributed by atoms with Crippen molar-refractivity contribution in [2.75, 3.05) is 6.61 Å². The van der Waals surface area contributed by atoms with Gasteiger partial charge in [0.15, 0.2) is 0 Å². The summed E-state index contributed by atoms with van der Waals surface area (Å²) < 4.78 is 28.7. The van der Waals surface area contributed by atoms with E-state index in [4.69, 9.17) is 4.18 Å². The normalized spacial score (nSPS) is 15.3. The zero-order chi connectivity index (χ0) is 13.8. The Bertz CT molecular complexity index is 464. The number of aryl methyl sites for hydroxylation is 1. The lowest BCUT2D eigenvalue weighted by atomic mass is 10.0. The average Bonchev–Trinajstić information content (AvgIpc) is 2.35. The lowest BCUT2D eigenvalue weighted by Crippen LogP contribution is -2.23. The van der Waals surface area contributed by atoms with Crippen LogP contribution in [0.3, 0.4) is 0 Å². The first-order valence-corrected chi connectivity index (χ1v) is 7.41. The van der Waals surface area contributed by atoms with E-state index in [2.05, 4.69) is 0 Å². The predicted octanol–water partition coefficient (Wildman–Crippen LogP) is 2.11. The first kappa shape index (κ1) is 15.1. The molecule has 0 aliphatic rings. The summed E-state index contributed by atoms with van der Waals surface area (Å²) >= 11 is 0. The van der Waals surface area contributed by atoms with Crippen LogP contribution in [-0.2, 0) is 14.3 Å². The van der Waals surface area contributed by atoms with Gasteiger partial charge in [-0.25, -0.2) is 0 Å². The Morgan fingerprint density at radius 3 is 2.33 bits per heavy atom. The molecule has 0 radical (unpaired) electrons. The second kappa shape index (κ2) is 6.31. The van der Waals surface area contributed by atoms with Gasteiger partial charge in [-0.15, -0.1) is 0 Å². The smallest absolute Gasteiger partial charge is 0.296 e. The molecule has 0 unspecified atom stereocenters. The molecule has 1 aromatic rings. The molecular formula is C13H20O4S. The molecular weight excluding hydrogens is 252 g/mol. The molecule has 2 atom stereocenters. The fraction of sp³-hybridized carbons (Fsp3) is 0.538. The van der Waals surface area contributed by atoms with Crippen molar-refractivity contribution in [2.24, 2.45) is 5.92 Å². The Balaban J connectivity index is 2.68. The standard InChI is InChI=1S/C13H20O4S/c1-4-13(14)11(3)9-17-18(15,16)12-7-5-10(2)6-8-12/h5-8,11,13-14H,4,9H2,1-3H3/t11-,13-/m1/s1. The van der Waals surface area contributed by atoms with Crippen molar-refractivity contribution >= 4 is 10.1 Å². The molecule has 4 nitrogen and oxygen atoms in total. The molecule has 0 spiro atoms. The number of rotatable bonds is 6. The van der Waals surface area contributed by atoms with Crippen LogP contribution in [0.1, 0.15) is 25.8 Å². The largest absolute Gasteiger partial charge is 0.393 e. The van der Waals surface area contributed by atoms with E-state index in [0.717, 1.165) is 5.56 Å². The predicted molar refractivity (Wildman–Crippen MR) is 69.8 cm³/mol. The monoisotopic (exact) mass is 272 g/mol. The summed E-state index contributed by atoms with van der Waals surface area (Å²) in [6, 6.07) is 6.48. The summed E-state index contributed by atoms with van der Waals surface area (Å²) in [5.74, 6) is -0.213. The van der Waals surface area contributed by atoms with Crippen molar-refractivity contribution in [2.45, 2.75) is 38.2 Å². The van der Waals surface area contributed by atoms with Gasteiger partial charge in [0.25, 0.3) is 10.1 Å². The number of benzene rings is 1. The molecule has 1 rings (SSSR count). The first-order valence-electron chi connectivity index (χ1n) is 6.01. The highest BCUT2D eigenvalue weighted by molar-refractivity contribution is 7.86. The Labute approximate surface area is 109 Å². The Kier molecular flexibility index (Phi) is 5.31. The molecule has 0 heterocycles. The van der Waals surface area contributed by atoms with Gasteiger partial charge in [0.05, 0.1) is 17.6 Å². The quantitative estimate of drug-likeness (QED) is 0.806. The second-order valence-electron chi connectivity index (χ2n) is 4.50. The average molecular weight is 272 g/mol. The van der Waals surface area contributed by atoms with Gasteiger partial charge < -0.3 is 5.11 Å². The van der Waals surface area contributed by atoms with E-state index in [-0.39, 0.29) is 17.4 Å². The highest BCUT2D eigenvalue weighted by Crippen LogP contribution is 2.16. The molecule has 0 aliphatic heterocycles. The van der Waals surface area contributed by atoms with Gasteiger partial charge in [-0.05, 0) is 25.5 Å². The highest BCUT2D eigenvalue weighted by atomic mass is 32.2. The fourth-order valence-corrected chi connectivity index (χ4v) is 2.48. The molecule has 1 aromatic carbocycles. The molecule has 0 aliphatic carbocycles. The molecule has 5 heteroatoms. The van der Waals surface area contributed by atoms with E-state index >= 15 is 0 Å². The summed E-state index contributed by atoms with van der Waals surface area (Å²) in [7, 11) is -3.72. The Hall–Kier alpha value is -0.910. The van der Waals surface area contributed by atoms with E-state index in [1.807, 2.05) is 13.8 Å². The van der Waals surface area contributed by atoms with Crippen molar-refractivity contribution in [3.63, 3.8) is 0 Å². The molecule has 1 N–H and O–H groups in total. The van der Waals surface area contributed by atoms with Crippen LogP contribution in [0.25, 0.3) is 0 Å². The molecule has 0 saturated heterocycles. The maximum Gasteiger partial charge on any atom is 0.296 e. The van der Waals surface area contributed by atoms with Crippen LogP contribution in [0.5, 0.6) is 0 Å². The minimum Gasteiger partial charge on any atom is -0.393 e. The lowest BCUT2D eigenvalue weighted by Gasteiger charge is -2.16. The third kappa shape index (κ3) is 4.08. The minimum atomic E-state index is -3.72. The highest BCUT2D eigenvalue weighted by Gasteiger charge is 2.19. The van der Waals surface area contributed by atoms with Gasteiger partial charge >= 0.3 is 0 Å². The number of hydrogen-bond donors (Lipinski definition) is 1. The van der Waals surface area contributed by atoms with Crippen LogP contribution in [0.2, 0.25) is 0 Å². The first-order chi connectivity index (χ1) is 8.36. The molecule has 102 valence electrons. The number of aliphatic hydroxyl groups is 1. The van der Waals surface area contributed by atoms with E-state index in [1.165, 1.54) is 12.1 Å². The number of hydrogen-bond acceptors (Lipinski definition) is 4. The molecule has 0 saturated carbocycles. The maximum absolute atomic E-state index is 11.9. The molecule has 0 bridgehead atoms. The van der Waals surface area contributed by atoms with E-state index < -0.39 is 16.2 Å². The summed E-state index contributed by atoms with van der Waals surface area (Å²) in [5, 5.41) is 9.56. The topological polar surface area (TPSA) is 63.6 Å². The summed E-state index contributed by atoms with van der Waals surface area (Å²) in [4.78, 5) is 0.145. The van der Waals surface area contributed by atoms with Crippen LogP contribution < -0.4 is 0 Å². The van der Waals surface area contributed by atoms with Gasteiger partial charge in [0.1, 0.15) is 0 Å². The van der Waals surface area contributed by atoms with Crippen LogP contribution >= 0.6 is 0 Å². The molecule has 0 amide bonds.